The Hall–Kier alpha value is -1.59. The Morgan fingerprint density at radius 3 is 1.81 bits per heavy atom. The van der Waals surface area contributed by atoms with Gasteiger partial charge in [-0.3, -0.25) is 0 Å². The SMILES string of the molecule is C/C=C/C1=[C-]OC(c2ccccc2)C1.C1CCCC1.[C-]#[O+].[C-]#[O+].[C-]#[O+].[W+2]. The van der Waals surface area contributed by atoms with Gasteiger partial charge in [-0.05, 0) is 12.0 Å². The first kappa shape index (κ1) is 29.2. The van der Waals surface area contributed by atoms with Crippen LogP contribution >= 0.6 is 0 Å². The van der Waals surface area contributed by atoms with Crippen molar-refractivity contribution in [1.29, 1.82) is 0 Å². The number of benzene rings is 1. The fraction of sp³-hybridized carbons (Fsp3) is 0.381. The number of rotatable bonds is 2. The van der Waals surface area contributed by atoms with Gasteiger partial charge in [0, 0.05) is 0 Å². The van der Waals surface area contributed by atoms with E-state index in [1.165, 1.54) is 37.7 Å². The van der Waals surface area contributed by atoms with Crippen molar-refractivity contribution in [2.75, 3.05) is 0 Å². The van der Waals surface area contributed by atoms with E-state index in [0.717, 1.165) is 12.0 Å². The predicted molar refractivity (Wildman–Crippen MR) is 91.3 cm³/mol. The molecule has 0 bridgehead atoms. The second-order valence-corrected chi connectivity index (χ2v) is 5.12. The van der Waals surface area contributed by atoms with E-state index in [0.29, 0.717) is 0 Å². The van der Waals surface area contributed by atoms with E-state index in [9.17, 15) is 0 Å². The molecule has 1 aromatic rings. The van der Waals surface area contributed by atoms with Crippen molar-refractivity contribution in [1.82, 2.24) is 0 Å². The molecule has 4 nitrogen and oxygen atoms in total. The summed E-state index contributed by atoms with van der Waals surface area (Å²) < 4.78 is 28.0. The van der Waals surface area contributed by atoms with Gasteiger partial charge in [0.2, 0.25) is 0 Å². The minimum atomic E-state index is 0. The molecule has 1 heterocycles. The summed E-state index contributed by atoms with van der Waals surface area (Å²) in [5.41, 5.74) is 2.36. The van der Waals surface area contributed by atoms with Crippen LogP contribution < -0.4 is 0 Å². The minimum absolute atomic E-state index is 0. The van der Waals surface area contributed by atoms with Gasteiger partial charge in [0.05, 0.1) is 0 Å². The van der Waals surface area contributed by atoms with Gasteiger partial charge in [-0.25, -0.2) is 6.08 Å². The van der Waals surface area contributed by atoms with Crippen LogP contribution in [0.1, 0.15) is 57.1 Å². The number of ether oxygens (including phenoxy) is 1. The summed E-state index contributed by atoms with van der Waals surface area (Å²) in [4.78, 5) is 0. The largest absolute Gasteiger partial charge is 2.00 e. The monoisotopic (exact) mass is 523 g/mol. The summed E-state index contributed by atoms with van der Waals surface area (Å²) in [7, 11) is 0. The van der Waals surface area contributed by atoms with Crippen LogP contribution in [-0.4, -0.2) is 0 Å². The standard InChI is InChI=1S/C13H13O.C5H10.3CO.W/c1-2-6-11-9-13(14-10-11)12-7-4-3-5-8-12;1-2-4-5-3-1;3*1-2;/h2-8,13H,9H2,1H3;1-5H2;;;;/q-1;;;;;+2/b6-2+;;;;;. The number of hydrogen-bond acceptors (Lipinski definition) is 1. The Morgan fingerprint density at radius 2 is 1.38 bits per heavy atom. The summed E-state index contributed by atoms with van der Waals surface area (Å²) in [6.07, 6.45) is 15.6. The molecule has 5 heteroatoms. The molecular weight excluding hydrogens is 500 g/mol. The maximum Gasteiger partial charge on any atom is 2.00 e. The third-order valence-electron chi connectivity index (χ3n) is 3.53. The Bertz CT molecular complexity index is 518. The summed E-state index contributed by atoms with van der Waals surface area (Å²) >= 11 is 0. The van der Waals surface area contributed by atoms with Crippen molar-refractivity contribution in [3.05, 3.63) is 79.8 Å². The maximum absolute atomic E-state index is 7.50. The van der Waals surface area contributed by atoms with Crippen LogP contribution in [0.15, 0.2) is 48.1 Å². The van der Waals surface area contributed by atoms with E-state index in [1.54, 1.807) is 0 Å². The van der Waals surface area contributed by atoms with Gasteiger partial charge in [-0.1, -0.05) is 75.6 Å². The molecule has 3 rings (SSSR count). The first-order valence-electron chi connectivity index (χ1n) is 7.96. The molecule has 1 aliphatic carbocycles. The molecule has 136 valence electrons. The van der Waals surface area contributed by atoms with Gasteiger partial charge in [-0.2, -0.15) is 11.6 Å². The van der Waals surface area contributed by atoms with Crippen LogP contribution in [0.25, 0.3) is 0 Å². The van der Waals surface area contributed by atoms with E-state index in [4.69, 9.17) is 18.7 Å². The van der Waals surface area contributed by atoms with Crippen LogP contribution in [0.5, 0.6) is 0 Å². The molecule has 26 heavy (non-hydrogen) atoms. The molecule has 0 aromatic heterocycles. The second kappa shape index (κ2) is 23.4. The quantitative estimate of drug-likeness (QED) is 0.386. The topological polar surface area (TPSA) is 68.9 Å². The molecule has 0 amide bonds. The molecule has 0 N–H and O–H groups in total. The summed E-state index contributed by atoms with van der Waals surface area (Å²) in [6.45, 7) is 15.5. The van der Waals surface area contributed by atoms with Crippen molar-refractivity contribution in [3.63, 3.8) is 0 Å². The molecule has 2 aliphatic rings. The molecule has 1 fully saturated rings. The van der Waals surface area contributed by atoms with E-state index < -0.39 is 0 Å². The van der Waals surface area contributed by atoms with E-state index in [2.05, 4.69) is 38.3 Å². The molecule has 0 spiro atoms. The van der Waals surface area contributed by atoms with Crippen molar-refractivity contribution >= 4 is 0 Å². The zero-order chi connectivity index (χ0) is 19.3. The van der Waals surface area contributed by atoms with E-state index in [1.807, 2.05) is 37.3 Å². The molecule has 1 atom stereocenters. The van der Waals surface area contributed by atoms with Crippen LogP contribution in [0, 0.1) is 26.2 Å². The smallest absolute Gasteiger partial charge is 2.00 e. The minimum Gasteiger partial charge on any atom is 2.00 e. The number of hydrogen-bond donors (Lipinski definition) is 0. The zero-order valence-corrected chi connectivity index (χ0v) is 17.8. The van der Waals surface area contributed by atoms with Crippen LogP contribution in [0.4, 0.5) is 0 Å². The van der Waals surface area contributed by atoms with Gasteiger partial charge >= 0.3 is 55.0 Å². The van der Waals surface area contributed by atoms with E-state index >= 15 is 0 Å². The van der Waals surface area contributed by atoms with Gasteiger partial charge in [0.15, 0.2) is 0 Å². The average molecular weight is 523 g/mol. The predicted octanol–water partition coefficient (Wildman–Crippen LogP) is 5.25. The zero-order valence-electron chi connectivity index (χ0n) is 14.9. The fourth-order valence-corrected chi connectivity index (χ4v) is 2.47. The summed E-state index contributed by atoms with van der Waals surface area (Å²) in [5, 5.41) is 0. The van der Waals surface area contributed by atoms with Crippen molar-refractivity contribution < 1.29 is 39.8 Å². The van der Waals surface area contributed by atoms with Crippen LogP contribution in [0.3, 0.4) is 0 Å². The summed E-state index contributed by atoms with van der Waals surface area (Å²) in [6, 6.07) is 10.3. The van der Waals surface area contributed by atoms with Gasteiger partial charge in [-0.15, -0.1) is 0 Å². The van der Waals surface area contributed by atoms with E-state index in [-0.39, 0.29) is 27.2 Å². The third-order valence-corrected chi connectivity index (χ3v) is 3.53. The molecular formula is C21H23O4W+. The number of allylic oxidation sites excluding steroid dienone is 2. The molecule has 1 aliphatic heterocycles. The van der Waals surface area contributed by atoms with Crippen molar-refractivity contribution in [3.8, 4) is 0 Å². The Balaban J connectivity index is -0.000000371. The average Bonchev–Trinajstić information content (AvgIpc) is 3.43. The molecule has 1 saturated carbocycles. The first-order chi connectivity index (χ1) is 12.4. The van der Waals surface area contributed by atoms with Gasteiger partial charge < -0.3 is 4.74 Å². The Morgan fingerprint density at radius 1 is 0.923 bits per heavy atom. The van der Waals surface area contributed by atoms with Crippen LogP contribution in [0.2, 0.25) is 0 Å². The first-order valence-corrected chi connectivity index (χ1v) is 7.96. The molecule has 0 saturated heterocycles. The molecule has 1 aromatic carbocycles. The maximum atomic E-state index is 7.50. The van der Waals surface area contributed by atoms with Gasteiger partial charge in [0.25, 0.3) is 0 Å². The van der Waals surface area contributed by atoms with Crippen molar-refractivity contribution in [2.24, 2.45) is 0 Å². The van der Waals surface area contributed by atoms with Crippen molar-refractivity contribution in [2.45, 2.75) is 51.6 Å². The third kappa shape index (κ3) is 13.7. The Kier molecular flexibility index (Phi) is 26.3. The Labute approximate surface area is 171 Å². The molecule has 1 unspecified atom stereocenters. The molecule has 0 radical (unpaired) electrons. The van der Waals surface area contributed by atoms with Gasteiger partial charge in [0.1, 0.15) is 6.10 Å². The second-order valence-electron chi connectivity index (χ2n) is 5.12. The normalized spacial score (nSPS) is 16.1. The van der Waals surface area contributed by atoms with Crippen LogP contribution in [-0.2, 0) is 39.8 Å². The summed E-state index contributed by atoms with van der Waals surface area (Å²) in [5.74, 6) is 0. The fourth-order valence-electron chi connectivity index (χ4n) is 2.47.